The van der Waals surface area contributed by atoms with E-state index in [0.29, 0.717) is 5.69 Å². The predicted molar refractivity (Wildman–Crippen MR) is 76.2 cm³/mol. The van der Waals surface area contributed by atoms with Crippen LogP contribution in [0.5, 0.6) is 5.75 Å². The fraction of sp³-hybridized carbons (Fsp3) is 0.200. The average Bonchev–Trinajstić information content (AvgIpc) is 2.47. The molecule has 0 aliphatic carbocycles. The molecular weight excluding hydrogens is 256 g/mol. The van der Waals surface area contributed by atoms with E-state index in [0.717, 1.165) is 11.3 Å². The number of benzene rings is 1. The van der Waals surface area contributed by atoms with Crippen LogP contribution in [0.2, 0.25) is 0 Å². The number of pyridine rings is 1. The number of nitrogens with zero attached hydrogens (tertiary/aromatic N) is 1. The van der Waals surface area contributed by atoms with E-state index in [1.165, 1.54) is 6.20 Å². The van der Waals surface area contributed by atoms with Crippen LogP contribution in [0.1, 0.15) is 28.9 Å². The summed E-state index contributed by atoms with van der Waals surface area (Å²) in [5.41, 5.74) is 1.91. The molecule has 1 aromatic carbocycles. The Labute approximate surface area is 117 Å². The zero-order valence-corrected chi connectivity index (χ0v) is 11.3. The normalized spacial score (nSPS) is 11.7. The summed E-state index contributed by atoms with van der Waals surface area (Å²) >= 11 is 0. The number of aromatic nitrogens is 1. The summed E-state index contributed by atoms with van der Waals surface area (Å²) in [7, 11) is 1.62. The zero-order chi connectivity index (χ0) is 14.5. The van der Waals surface area contributed by atoms with Crippen molar-refractivity contribution in [3.63, 3.8) is 0 Å². The summed E-state index contributed by atoms with van der Waals surface area (Å²) in [6.07, 6.45) is 2.93. The minimum Gasteiger partial charge on any atom is -0.497 e. The molecule has 1 aromatic heterocycles. The van der Waals surface area contributed by atoms with Crippen molar-refractivity contribution in [2.24, 2.45) is 0 Å². The van der Waals surface area contributed by atoms with Crippen molar-refractivity contribution in [3.8, 4) is 5.75 Å². The van der Waals surface area contributed by atoms with E-state index >= 15 is 0 Å². The highest BCUT2D eigenvalue weighted by Crippen LogP contribution is 2.21. The van der Waals surface area contributed by atoms with Gasteiger partial charge in [-0.25, -0.2) is 4.79 Å². The summed E-state index contributed by atoms with van der Waals surface area (Å²) in [5.74, 6) is -0.186. The molecule has 0 saturated carbocycles. The molecule has 1 unspecified atom stereocenters. The van der Waals surface area contributed by atoms with Gasteiger partial charge in [0.25, 0.3) is 0 Å². The van der Waals surface area contributed by atoms with Gasteiger partial charge >= 0.3 is 5.97 Å². The lowest BCUT2D eigenvalue weighted by Gasteiger charge is -2.16. The highest BCUT2D eigenvalue weighted by molar-refractivity contribution is 5.88. The molecule has 0 amide bonds. The van der Waals surface area contributed by atoms with Gasteiger partial charge in [0, 0.05) is 18.4 Å². The van der Waals surface area contributed by atoms with Gasteiger partial charge in [-0.3, -0.25) is 4.98 Å². The van der Waals surface area contributed by atoms with E-state index in [-0.39, 0.29) is 11.6 Å². The third kappa shape index (κ3) is 3.26. The van der Waals surface area contributed by atoms with Crippen LogP contribution in [0.3, 0.4) is 0 Å². The molecule has 104 valence electrons. The van der Waals surface area contributed by atoms with Gasteiger partial charge in [-0.15, -0.1) is 0 Å². The summed E-state index contributed by atoms with van der Waals surface area (Å²) < 4.78 is 5.11. The molecule has 2 aromatic rings. The van der Waals surface area contributed by atoms with Crippen molar-refractivity contribution >= 4 is 11.7 Å². The third-order valence-electron chi connectivity index (χ3n) is 2.98. The van der Waals surface area contributed by atoms with Crippen molar-refractivity contribution in [1.82, 2.24) is 4.98 Å². The Bertz CT molecular complexity index is 596. The Morgan fingerprint density at radius 1 is 1.30 bits per heavy atom. The van der Waals surface area contributed by atoms with Gasteiger partial charge in [0.15, 0.2) is 0 Å². The van der Waals surface area contributed by atoms with Gasteiger partial charge in [-0.05, 0) is 30.7 Å². The van der Waals surface area contributed by atoms with Crippen LogP contribution in [-0.2, 0) is 0 Å². The molecule has 0 aliphatic heterocycles. The van der Waals surface area contributed by atoms with E-state index < -0.39 is 5.97 Å². The number of carboxylic acid groups (broad SMARTS) is 1. The first-order chi connectivity index (χ1) is 9.60. The molecule has 0 spiro atoms. The number of anilines is 1. The van der Waals surface area contributed by atoms with Crippen LogP contribution in [0, 0.1) is 0 Å². The van der Waals surface area contributed by atoms with Crippen LogP contribution in [0.4, 0.5) is 5.69 Å². The number of carbonyl (C=O) groups is 1. The maximum atomic E-state index is 10.9. The number of hydrogen-bond donors (Lipinski definition) is 2. The van der Waals surface area contributed by atoms with Crippen molar-refractivity contribution < 1.29 is 14.6 Å². The average molecular weight is 272 g/mol. The lowest BCUT2D eigenvalue weighted by Crippen LogP contribution is -2.08. The number of hydrogen-bond acceptors (Lipinski definition) is 4. The van der Waals surface area contributed by atoms with Gasteiger partial charge < -0.3 is 15.2 Å². The Balaban J connectivity index is 2.12. The van der Waals surface area contributed by atoms with Crippen molar-refractivity contribution in [2.75, 3.05) is 12.4 Å². The smallest absolute Gasteiger partial charge is 0.337 e. The van der Waals surface area contributed by atoms with Gasteiger partial charge in [0.1, 0.15) is 5.75 Å². The molecule has 2 N–H and O–H groups in total. The first-order valence-corrected chi connectivity index (χ1v) is 6.19. The molecule has 5 nitrogen and oxygen atoms in total. The van der Waals surface area contributed by atoms with Crippen LogP contribution in [0.25, 0.3) is 0 Å². The van der Waals surface area contributed by atoms with Crippen molar-refractivity contribution in [2.45, 2.75) is 13.0 Å². The fourth-order valence-electron chi connectivity index (χ4n) is 1.86. The van der Waals surface area contributed by atoms with Crippen LogP contribution < -0.4 is 10.1 Å². The number of ether oxygens (including phenoxy) is 1. The molecule has 0 aliphatic rings. The largest absolute Gasteiger partial charge is 0.497 e. The van der Waals surface area contributed by atoms with E-state index in [1.807, 2.05) is 31.2 Å². The Kier molecular flexibility index (Phi) is 4.20. The van der Waals surface area contributed by atoms with Gasteiger partial charge in [0.05, 0.1) is 18.4 Å². The number of nitrogens with one attached hydrogen (secondary N) is 1. The van der Waals surface area contributed by atoms with Gasteiger partial charge in [-0.1, -0.05) is 12.1 Å². The summed E-state index contributed by atoms with van der Waals surface area (Å²) in [6.45, 7) is 2.00. The number of methoxy groups -OCH3 is 1. The number of aromatic carboxylic acids is 1. The lowest BCUT2D eigenvalue weighted by atomic mass is 10.1. The Hall–Kier alpha value is -2.56. The fourth-order valence-corrected chi connectivity index (χ4v) is 1.86. The lowest BCUT2D eigenvalue weighted by molar-refractivity contribution is 0.0696. The van der Waals surface area contributed by atoms with Crippen LogP contribution in [-0.4, -0.2) is 23.2 Å². The first-order valence-electron chi connectivity index (χ1n) is 6.19. The molecule has 1 atom stereocenters. The topological polar surface area (TPSA) is 71.5 Å². The van der Waals surface area contributed by atoms with Gasteiger partial charge in [-0.2, -0.15) is 0 Å². The molecule has 0 bridgehead atoms. The summed E-state index contributed by atoms with van der Waals surface area (Å²) in [6, 6.07) is 9.30. The van der Waals surface area contributed by atoms with Crippen LogP contribution in [0.15, 0.2) is 42.7 Å². The second-order valence-electron chi connectivity index (χ2n) is 4.41. The second kappa shape index (κ2) is 6.06. The minimum atomic E-state index is -0.988. The third-order valence-corrected chi connectivity index (χ3v) is 2.98. The highest BCUT2D eigenvalue weighted by Gasteiger charge is 2.08. The standard InChI is InChI=1S/C15H16N2O3/c1-10(11-3-5-14(20-2)6-4-11)17-13-7-12(15(18)19)8-16-9-13/h3-10,17H,1-2H3,(H,18,19). The second-order valence-corrected chi connectivity index (χ2v) is 4.41. The zero-order valence-electron chi connectivity index (χ0n) is 11.3. The molecule has 0 fully saturated rings. The van der Waals surface area contributed by atoms with Gasteiger partial charge in [0.2, 0.25) is 0 Å². The highest BCUT2D eigenvalue weighted by atomic mass is 16.5. The Morgan fingerprint density at radius 3 is 2.60 bits per heavy atom. The summed E-state index contributed by atoms with van der Waals surface area (Å²) in [5, 5.41) is 12.2. The maximum Gasteiger partial charge on any atom is 0.337 e. The first kappa shape index (κ1) is 13.9. The maximum absolute atomic E-state index is 10.9. The van der Waals surface area contributed by atoms with E-state index in [9.17, 15) is 4.79 Å². The monoisotopic (exact) mass is 272 g/mol. The Morgan fingerprint density at radius 2 is 2.00 bits per heavy atom. The molecule has 20 heavy (non-hydrogen) atoms. The SMILES string of the molecule is COc1ccc(C(C)Nc2cncc(C(=O)O)c2)cc1. The van der Waals surface area contributed by atoms with E-state index in [2.05, 4.69) is 10.3 Å². The quantitative estimate of drug-likeness (QED) is 0.875. The van der Waals surface area contributed by atoms with E-state index in [4.69, 9.17) is 9.84 Å². The minimum absolute atomic E-state index is 0.0340. The predicted octanol–water partition coefficient (Wildman–Crippen LogP) is 2.96. The molecule has 5 heteroatoms. The summed E-state index contributed by atoms with van der Waals surface area (Å²) in [4.78, 5) is 14.8. The van der Waals surface area contributed by atoms with E-state index in [1.54, 1.807) is 19.4 Å². The van der Waals surface area contributed by atoms with Crippen LogP contribution >= 0.6 is 0 Å². The molecule has 1 heterocycles. The molecule has 0 saturated heterocycles. The molecule has 2 rings (SSSR count). The van der Waals surface area contributed by atoms with Crippen molar-refractivity contribution in [3.05, 3.63) is 53.9 Å². The van der Waals surface area contributed by atoms with Crippen molar-refractivity contribution in [1.29, 1.82) is 0 Å². The molecule has 0 radical (unpaired) electrons. The molecular formula is C15H16N2O3. The number of carboxylic acids is 1. The number of rotatable bonds is 5.